The second kappa shape index (κ2) is 5.77. The van der Waals surface area contributed by atoms with Crippen LogP contribution in [0.15, 0.2) is 0 Å². The molecule has 2 heterocycles. The van der Waals surface area contributed by atoms with Gasteiger partial charge in [-0.2, -0.15) is 0 Å². The van der Waals surface area contributed by atoms with E-state index in [9.17, 15) is 4.79 Å². The van der Waals surface area contributed by atoms with Crippen molar-refractivity contribution in [2.45, 2.75) is 32.6 Å². The number of morpholine rings is 1. The molecule has 0 spiro atoms. The number of methoxy groups -OCH3 is 1. The minimum atomic E-state index is 0.190. The van der Waals surface area contributed by atoms with Gasteiger partial charge in [-0.1, -0.05) is 11.3 Å². The van der Waals surface area contributed by atoms with Gasteiger partial charge in [0.25, 0.3) is 0 Å². The number of carbonyl (C=O) groups excluding carboxylic acids is 1. The van der Waals surface area contributed by atoms with Gasteiger partial charge >= 0.3 is 0 Å². The molecule has 100 valence electrons. The standard InChI is InChI=1S/C12H18N2O3S/c1-8-6-17-9(2)4-14(8)12-13-10(7-16-3)11(5-15)18-12/h5,8-9H,4,6-7H2,1-3H3. The van der Waals surface area contributed by atoms with Crippen LogP contribution in [-0.2, 0) is 16.1 Å². The normalized spacial score (nSPS) is 24.3. The molecule has 2 atom stereocenters. The lowest BCUT2D eigenvalue weighted by Gasteiger charge is -2.36. The Bertz CT molecular complexity index is 421. The van der Waals surface area contributed by atoms with E-state index in [0.29, 0.717) is 18.1 Å². The van der Waals surface area contributed by atoms with Crippen LogP contribution >= 0.6 is 11.3 Å². The lowest BCUT2D eigenvalue weighted by Crippen LogP contribution is -2.47. The number of hydrogen-bond acceptors (Lipinski definition) is 6. The molecule has 0 saturated carbocycles. The molecule has 1 aliphatic rings. The van der Waals surface area contributed by atoms with Gasteiger partial charge in [0.1, 0.15) is 0 Å². The van der Waals surface area contributed by atoms with Gasteiger partial charge in [-0.05, 0) is 13.8 Å². The molecule has 6 heteroatoms. The Labute approximate surface area is 111 Å². The molecule has 0 N–H and O–H groups in total. The summed E-state index contributed by atoms with van der Waals surface area (Å²) in [4.78, 5) is 18.4. The first-order valence-electron chi connectivity index (χ1n) is 5.97. The summed E-state index contributed by atoms with van der Waals surface area (Å²) in [6.07, 6.45) is 1.04. The number of aldehydes is 1. The van der Waals surface area contributed by atoms with Crippen molar-refractivity contribution in [2.24, 2.45) is 0 Å². The maximum Gasteiger partial charge on any atom is 0.186 e. The Hall–Kier alpha value is -0.980. The third-order valence-corrected chi connectivity index (χ3v) is 4.02. The van der Waals surface area contributed by atoms with E-state index in [1.54, 1.807) is 7.11 Å². The largest absolute Gasteiger partial charge is 0.378 e. The smallest absolute Gasteiger partial charge is 0.186 e. The van der Waals surface area contributed by atoms with Gasteiger partial charge in [-0.3, -0.25) is 4.79 Å². The van der Waals surface area contributed by atoms with Crippen molar-refractivity contribution in [3.05, 3.63) is 10.6 Å². The van der Waals surface area contributed by atoms with E-state index in [0.717, 1.165) is 23.7 Å². The van der Waals surface area contributed by atoms with Gasteiger partial charge < -0.3 is 14.4 Å². The SMILES string of the molecule is COCc1nc(N2CC(C)OCC2C)sc1C=O. The van der Waals surface area contributed by atoms with Crippen LogP contribution in [0.1, 0.15) is 29.2 Å². The van der Waals surface area contributed by atoms with Gasteiger partial charge in [0.15, 0.2) is 11.4 Å². The summed E-state index contributed by atoms with van der Waals surface area (Å²) in [5.41, 5.74) is 0.721. The summed E-state index contributed by atoms with van der Waals surface area (Å²) < 4.78 is 10.7. The van der Waals surface area contributed by atoms with Gasteiger partial charge in [0.05, 0.1) is 35.9 Å². The number of anilines is 1. The number of ether oxygens (including phenoxy) is 2. The number of hydrogen-bond donors (Lipinski definition) is 0. The highest BCUT2D eigenvalue weighted by Gasteiger charge is 2.26. The van der Waals surface area contributed by atoms with E-state index >= 15 is 0 Å². The first-order valence-corrected chi connectivity index (χ1v) is 6.79. The van der Waals surface area contributed by atoms with Crippen molar-refractivity contribution < 1.29 is 14.3 Å². The number of carbonyl (C=O) groups is 1. The van der Waals surface area contributed by atoms with Gasteiger partial charge in [0.2, 0.25) is 0 Å². The molecule has 1 aliphatic heterocycles. The minimum Gasteiger partial charge on any atom is -0.378 e. The van der Waals surface area contributed by atoms with Crippen LogP contribution in [-0.4, -0.2) is 43.7 Å². The summed E-state index contributed by atoms with van der Waals surface area (Å²) in [7, 11) is 1.60. The Balaban J connectivity index is 2.23. The fraction of sp³-hybridized carbons (Fsp3) is 0.667. The minimum absolute atomic E-state index is 0.190. The van der Waals surface area contributed by atoms with E-state index in [-0.39, 0.29) is 12.1 Å². The first-order chi connectivity index (χ1) is 8.65. The molecule has 0 bridgehead atoms. The van der Waals surface area contributed by atoms with Gasteiger partial charge in [-0.25, -0.2) is 4.98 Å². The highest BCUT2D eigenvalue weighted by Crippen LogP contribution is 2.29. The van der Waals surface area contributed by atoms with E-state index in [1.807, 2.05) is 6.92 Å². The van der Waals surface area contributed by atoms with Crippen LogP contribution in [0.4, 0.5) is 5.13 Å². The molecule has 0 amide bonds. The Morgan fingerprint density at radius 3 is 3.06 bits per heavy atom. The predicted octanol–water partition coefficient (Wildman–Crippen LogP) is 1.72. The molecule has 0 aliphatic carbocycles. The second-order valence-electron chi connectivity index (χ2n) is 4.50. The lowest BCUT2D eigenvalue weighted by molar-refractivity contribution is 0.0343. The van der Waals surface area contributed by atoms with E-state index in [4.69, 9.17) is 9.47 Å². The molecular weight excluding hydrogens is 252 g/mol. The molecule has 1 saturated heterocycles. The maximum absolute atomic E-state index is 11.0. The molecule has 2 unspecified atom stereocenters. The first kappa shape index (κ1) is 13.5. The zero-order chi connectivity index (χ0) is 13.1. The zero-order valence-electron chi connectivity index (χ0n) is 10.9. The van der Waals surface area contributed by atoms with Crippen molar-refractivity contribution in [3.63, 3.8) is 0 Å². The van der Waals surface area contributed by atoms with E-state index in [2.05, 4.69) is 16.8 Å². The fourth-order valence-corrected chi connectivity index (χ4v) is 2.97. The topological polar surface area (TPSA) is 51.7 Å². The third-order valence-electron chi connectivity index (χ3n) is 2.96. The maximum atomic E-state index is 11.0. The molecular formula is C12H18N2O3S. The quantitative estimate of drug-likeness (QED) is 0.780. The van der Waals surface area contributed by atoms with Crippen molar-refractivity contribution in [2.75, 3.05) is 25.2 Å². The highest BCUT2D eigenvalue weighted by atomic mass is 32.1. The number of aromatic nitrogens is 1. The van der Waals surface area contributed by atoms with Crippen molar-refractivity contribution in [3.8, 4) is 0 Å². The zero-order valence-corrected chi connectivity index (χ0v) is 11.7. The monoisotopic (exact) mass is 270 g/mol. The Kier molecular flexibility index (Phi) is 4.31. The van der Waals surface area contributed by atoms with Crippen molar-refractivity contribution >= 4 is 22.8 Å². The molecule has 2 rings (SSSR count). The molecule has 0 aromatic carbocycles. The molecule has 18 heavy (non-hydrogen) atoms. The molecule has 0 radical (unpaired) electrons. The van der Waals surface area contributed by atoms with Gasteiger partial charge in [-0.15, -0.1) is 0 Å². The van der Waals surface area contributed by atoms with Crippen LogP contribution in [0.25, 0.3) is 0 Å². The number of thiazole rings is 1. The van der Waals surface area contributed by atoms with Crippen molar-refractivity contribution in [1.29, 1.82) is 0 Å². The summed E-state index contributed by atoms with van der Waals surface area (Å²) in [5, 5.41) is 0.881. The molecule has 1 aromatic heterocycles. The van der Waals surface area contributed by atoms with Crippen LogP contribution in [0, 0.1) is 0 Å². The lowest BCUT2D eigenvalue weighted by atomic mass is 10.2. The number of rotatable bonds is 4. The van der Waals surface area contributed by atoms with Crippen LogP contribution in [0.5, 0.6) is 0 Å². The third kappa shape index (κ3) is 2.71. The highest BCUT2D eigenvalue weighted by molar-refractivity contribution is 7.17. The van der Waals surface area contributed by atoms with Crippen molar-refractivity contribution in [1.82, 2.24) is 4.98 Å². The number of nitrogens with zero attached hydrogens (tertiary/aromatic N) is 2. The summed E-state index contributed by atoms with van der Waals surface area (Å²) in [6, 6.07) is 0.280. The predicted molar refractivity (Wildman–Crippen MR) is 70.4 cm³/mol. The summed E-state index contributed by atoms with van der Waals surface area (Å²) in [5.74, 6) is 0. The fourth-order valence-electron chi connectivity index (χ4n) is 1.98. The summed E-state index contributed by atoms with van der Waals surface area (Å²) >= 11 is 1.42. The second-order valence-corrected chi connectivity index (χ2v) is 5.51. The molecule has 1 aromatic rings. The van der Waals surface area contributed by atoms with Crippen LogP contribution < -0.4 is 4.90 Å². The van der Waals surface area contributed by atoms with E-state index in [1.165, 1.54) is 11.3 Å². The molecule has 1 fully saturated rings. The Morgan fingerprint density at radius 1 is 1.61 bits per heavy atom. The van der Waals surface area contributed by atoms with Gasteiger partial charge in [0, 0.05) is 13.7 Å². The van der Waals surface area contributed by atoms with E-state index < -0.39 is 0 Å². The molecule has 5 nitrogen and oxygen atoms in total. The average molecular weight is 270 g/mol. The summed E-state index contributed by atoms with van der Waals surface area (Å²) in [6.45, 7) is 6.02. The average Bonchev–Trinajstić information content (AvgIpc) is 2.76. The van der Waals surface area contributed by atoms with Crippen LogP contribution in [0.3, 0.4) is 0 Å². The Morgan fingerprint density at radius 2 is 2.39 bits per heavy atom. The van der Waals surface area contributed by atoms with Crippen LogP contribution in [0.2, 0.25) is 0 Å².